The largest absolute Gasteiger partial charge is 0.394 e. The lowest BCUT2D eigenvalue weighted by Gasteiger charge is -2.42. The fraction of sp³-hybridized carbons (Fsp3) is 0.476. The summed E-state index contributed by atoms with van der Waals surface area (Å²) in [6.07, 6.45) is 2.29. The molecule has 9 nitrogen and oxygen atoms in total. The molecule has 3 heterocycles. The molecule has 30 heavy (non-hydrogen) atoms. The topological polar surface area (TPSA) is 126 Å². The molecule has 1 aliphatic heterocycles. The quantitative estimate of drug-likeness (QED) is 0.473. The minimum atomic E-state index is -1.19. The number of benzene rings is 1. The summed E-state index contributed by atoms with van der Waals surface area (Å²) in [5, 5.41) is 33.2. The molecule has 158 valence electrons. The molecule has 2 fully saturated rings. The van der Waals surface area contributed by atoms with Gasteiger partial charge in [0.2, 0.25) is 0 Å². The van der Waals surface area contributed by atoms with Crippen LogP contribution in [-0.4, -0.2) is 66.3 Å². The number of hydrogen-bond acceptors (Lipinski definition) is 8. The number of aliphatic hydroxyl groups is 3. The van der Waals surface area contributed by atoms with Crippen molar-refractivity contribution in [3.63, 3.8) is 0 Å². The molecule has 1 aromatic carbocycles. The van der Waals surface area contributed by atoms with Gasteiger partial charge < -0.3 is 25.4 Å². The Kier molecular flexibility index (Phi) is 4.90. The molecule has 4 N–H and O–H groups in total. The summed E-state index contributed by atoms with van der Waals surface area (Å²) in [5.41, 5.74) is 2.47. The molecule has 0 radical (unpaired) electrons. The maximum absolute atomic E-state index is 10.3. The zero-order valence-electron chi connectivity index (χ0n) is 16.4. The highest BCUT2D eigenvalue weighted by molar-refractivity contribution is 5.82. The van der Waals surface area contributed by atoms with Crippen molar-refractivity contribution in [1.82, 2.24) is 19.5 Å². The van der Waals surface area contributed by atoms with Gasteiger partial charge in [-0.1, -0.05) is 36.8 Å². The van der Waals surface area contributed by atoms with Crippen LogP contribution in [0.3, 0.4) is 0 Å². The second kappa shape index (κ2) is 7.59. The Hall–Kier alpha value is -2.59. The Morgan fingerprint density at radius 2 is 1.90 bits per heavy atom. The van der Waals surface area contributed by atoms with Crippen LogP contribution in [0.4, 0.5) is 5.82 Å². The highest BCUT2D eigenvalue weighted by atomic mass is 16.6. The van der Waals surface area contributed by atoms with Gasteiger partial charge in [-0.3, -0.25) is 4.57 Å². The number of ether oxygens (including phenoxy) is 1. The van der Waals surface area contributed by atoms with Gasteiger partial charge in [0.05, 0.1) is 12.9 Å². The third-order valence-electron chi connectivity index (χ3n) is 6.44. The summed E-state index contributed by atoms with van der Waals surface area (Å²) in [4.78, 5) is 13.1. The Morgan fingerprint density at radius 1 is 1.10 bits per heavy atom. The first kappa shape index (κ1) is 19.4. The number of aromatic nitrogens is 4. The van der Waals surface area contributed by atoms with Crippen LogP contribution in [0, 0.1) is 0 Å². The Balaban J connectivity index is 1.41. The average molecular weight is 411 g/mol. The van der Waals surface area contributed by atoms with Crippen molar-refractivity contribution in [1.29, 1.82) is 0 Å². The van der Waals surface area contributed by atoms with Gasteiger partial charge in [-0.05, 0) is 18.4 Å². The van der Waals surface area contributed by atoms with Crippen LogP contribution in [0.25, 0.3) is 11.2 Å². The zero-order chi connectivity index (χ0) is 20.7. The second-order valence-corrected chi connectivity index (χ2v) is 8.13. The summed E-state index contributed by atoms with van der Waals surface area (Å²) in [7, 11) is 0. The molecule has 0 spiro atoms. The van der Waals surface area contributed by atoms with Gasteiger partial charge in [0.25, 0.3) is 0 Å². The van der Waals surface area contributed by atoms with Gasteiger partial charge in [-0.15, -0.1) is 0 Å². The Labute approximate surface area is 173 Å². The predicted molar refractivity (Wildman–Crippen MR) is 109 cm³/mol. The molecule has 2 aliphatic rings. The maximum atomic E-state index is 10.3. The van der Waals surface area contributed by atoms with Crippen molar-refractivity contribution < 1.29 is 20.1 Å². The van der Waals surface area contributed by atoms with Crippen LogP contribution in [0.15, 0.2) is 43.0 Å². The minimum Gasteiger partial charge on any atom is -0.394 e. The van der Waals surface area contributed by atoms with Crippen LogP contribution in [-0.2, 0) is 10.2 Å². The standard InChI is InChI=1S/C21H25N5O4/c27-9-14-16(28)17(29)20(30-14)26-12-25-15-18(23-11-24-19(15)26)22-10-21(7-4-8-21)13-5-2-1-3-6-13/h1-3,5-6,11-12,14,16-17,20,27-29H,4,7-10H2,(H,22,23,24)/t14-,16?,17?,20-/m1/s1. The lowest BCUT2D eigenvalue weighted by atomic mass is 9.64. The van der Waals surface area contributed by atoms with E-state index in [1.54, 1.807) is 4.57 Å². The summed E-state index contributed by atoms with van der Waals surface area (Å²) < 4.78 is 7.19. The first-order valence-electron chi connectivity index (χ1n) is 10.2. The van der Waals surface area contributed by atoms with Gasteiger partial charge in [0.15, 0.2) is 23.2 Å². The summed E-state index contributed by atoms with van der Waals surface area (Å²) in [6.45, 7) is 0.356. The maximum Gasteiger partial charge on any atom is 0.167 e. The number of fused-ring (bicyclic) bond motifs is 1. The van der Waals surface area contributed by atoms with E-state index in [0.29, 0.717) is 17.0 Å². The SMILES string of the molecule is OC[C@H]1O[C@@H](n2cnc3c(NCC4(c5ccccc5)CCC4)ncnc32)C(O)C1O. The van der Waals surface area contributed by atoms with Crippen molar-refractivity contribution in [3.05, 3.63) is 48.5 Å². The number of nitrogens with zero attached hydrogens (tertiary/aromatic N) is 4. The second-order valence-electron chi connectivity index (χ2n) is 8.13. The van der Waals surface area contributed by atoms with E-state index in [2.05, 4.69) is 44.5 Å². The molecule has 4 atom stereocenters. The molecule has 0 amide bonds. The monoisotopic (exact) mass is 411 g/mol. The first-order valence-corrected chi connectivity index (χ1v) is 10.2. The van der Waals surface area contributed by atoms with Crippen molar-refractivity contribution in [3.8, 4) is 0 Å². The van der Waals surface area contributed by atoms with Gasteiger partial charge in [-0.25, -0.2) is 15.0 Å². The number of imidazole rings is 1. The smallest absolute Gasteiger partial charge is 0.167 e. The molecule has 1 saturated carbocycles. The van der Waals surface area contributed by atoms with Crippen molar-refractivity contribution in [2.45, 2.75) is 49.2 Å². The molecule has 3 aromatic rings. The zero-order valence-corrected chi connectivity index (χ0v) is 16.4. The van der Waals surface area contributed by atoms with Gasteiger partial charge >= 0.3 is 0 Å². The molecule has 1 aliphatic carbocycles. The minimum absolute atomic E-state index is 0.0876. The van der Waals surface area contributed by atoms with Crippen LogP contribution < -0.4 is 5.32 Å². The average Bonchev–Trinajstić information content (AvgIpc) is 3.30. The van der Waals surface area contributed by atoms with E-state index in [1.807, 2.05) is 6.07 Å². The summed E-state index contributed by atoms with van der Waals surface area (Å²) in [6, 6.07) is 10.5. The molecule has 0 bridgehead atoms. The van der Waals surface area contributed by atoms with Crippen molar-refractivity contribution in [2.24, 2.45) is 0 Å². The van der Waals surface area contributed by atoms with Gasteiger partial charge in [0.1, 0.15) is 24.6 Å². The van der Waals surface area contributed by atoms with Crippen LogP contribution >= 0.6 is 0 Å². The number of nitrogens with one attached hydrogen (secondary N) is 1. The molecule has 2 aromatic heterocycles. The lowest BCUT2D eigenvalue weighted by molar-refractivity contribution is -0.0511. The van der Waals surface area contributed by atoms with Gasteiger partial charge in [0, 0.05) is 12.0 Å². The lowest BCUT2D eigenvalue weighted by Crippen LogP contribution is -2.41. The van der Waals surface area contributed by atoms with Crippen molar-refractivity contribution in [2.75, 3.05) is 18.5 Å². The van der Waals surface area contributed by atoms with E-state index >= 15 is 0 Å². The Bertz CT molecular complexity index is 1020. The highest BCUT2D eigenvalue weighted by Gasteiger charge is 2.44. The predicted octanol–water partition coefficient (Wildman–Crippen LogP) is 0.972. The first-order chi connectivity index (χ1) is 14.6. The number of rotatable bonds is 6. The number of anilines is 1. The highest BCUT2D eigenvalue weighted by Crippen LogP contribution is 2.44. The van der Waals surface area contributed by atoms with Crippen LogP contribution in [0.1, 0.15) is 31.1 Å². The Morgan fingerprint density at radius 3 is 2.57 bits per heavy atom. The van der Waals surface area contributed by atoms with E-state index in [-0.39, 0.29) is 12.0 Å². The number of hydrogen-bond donors (Lipinski definition) is 4. The summed E-state index contributed by atoms with van der Waals surface area (Å²) in [5.74, 6) is 0.618. The molecule has 5 rings (SSSR count). The van der Waals surface area contributed by atoms with E-state index in [0.717, 1.165) is 19.4 Å². The molecule has 9 heteroatoms. The van der Waals surface area contributed by atoms with E-state index in [9.17, 15) is 15.3 Å². The number of aliphatic hydroxyl groups excluding tert-OH is 3. The molecular weight excluding hydrogens is 386 g/mol. The van der Waals surface area contributed by atoms with Gasteiger partial charge in [-0.2, -0.15) is 0 Å². The third-order valence-corrected chi connectivity index (χ3v) is 6.44. The third kappa shape index (κ3) is 3.05. The van der Waals surface area contributed by atoms with E-state index in [1.165, 1.54) is 24.6 Å². The molecular formula is C21H25N5O4. The van der Waals surface area contributed by atoms with E-state index < -0.39 is 24.5 Å². The fourth-order valence-electron chi connectivity index (χ4n) is 4.49. The fourth-order valence-corrected chi connectivity index (χ4v) is 4.49. The van der Waals surface area contributed by atoms with E-state index in [4.69, 9.17) is 4.74 Å². The molecule has 1 saturated heterocycles. The van der Waals surface area contributed by atoms with Crippen LogP contribution in [0.2, 0.25) is 0 Å². The normalized spacial score (nSPS) is 27.8. The molecule has 2 unspecified atom stereocenters. The van der Waals surface area contributed by atoms with Crippen LogP contribution in [0.5, 0.6) is 0 Å². The summed E-state index contributed by atoms with van der Waals surface area (Å²) >= 11 is 0. The van der Waals surface area contributed by atoms with Crippen molar-refractivity contribution >= 4 is 17.0 Å².